The second-order valence-electron chi connectivity index (χ2n) is 8.71. The minimum Gasteiger partial charge on any atom is -0.451 e. The van der Waals surface area contributed by atoms with E-state index < -0.39 is 0 Å². The molecule has 2 amide bonds. The molecule has 1 saturated heterocycles. The molecular formula is C24H31N5O3. The van der Waals surface area contributed by atoms with E-state index in [-0.39, 0.29) is 11.8 Å². The molecule has 3 aromatic rings. The van der Waals surface area contributed by atoms with Gasteiger partial charge in [-0.2, -0.15) is 5.10 Å². The van der Waals surface area contributed by atoms with Crippen molar-refractivity contribution in [1.82, 2.24) is 24.9 Å². The second-order valence-corrected chi connectivity index (χ2v) is 8.71. The lowest BCUT2D eigenvalue weighted by Gasteiger charge is -2.30. The summed E-state index contributed by atoms with van der Waals surface area (Å²) >= 11 is 0. The fraction of sp³-hybridized carbons (Fsp3) is 0.458. The Bertz CT molecular complexity index is 1060. The number of nitrogens with zero attached hydrogens (tertiary/aromatic N) is 4. The van der Waals surface area contributed by atoms with Crippen LogP contribution in [0.3, 0.4) is 0 Å². The molecular weight excluding hydrogens is 406 g/mol. The van der Waals surface area contributed by atoms with Crippen molar-refractivity contribution in [3.05, 3.63) is 53.5 Å². The van der Waals surface area contributed by atoms with Crippen LogP contribution in [-0.2, 0) is 17.9 Å². The zero-order chi connectivity index (χ0) is 22.7. The molecule has 1 fully saturated rings. The second kappa shape index (κ2) is 9.56. The molecule has 3 heterocycles. The fourth-order valence-electron chi connectivity index (χ4n) is 4.27. The number of likely N-dealkylation sites (tertiary alicyclic amines) is 1. The zero-order valence-corrected chi connectivity index (χ0v) is 19.0. The van der Waals surface area contributed by atoms with Gasteiger partial charge in [0.25, 0.3) is 5.91 Å². The molecule has 4 rings (SSSR count). The van der Waals surface area contributed by atoms with Gasteiger partial charge in [-0.05, 0) is 45.1 Å². The molecule has 0 unspecified atom stereocenters. The lowest BCUT2D eigenvalue weighted by Crippen LogP contribution is -2.36. The van der Waals surface area contributed by atoms with Crippen LogP contribution < -0.4 is 5.32 Å². The number of benzene rings is 1. The van der Waals surface area contributed by atoms with Crippen LogP contribution in [0.4, 0.5) is 0 Å². The van der Waals surface area contributed by atoms with Gasteiger partial charge >= 0.3 is 0 Å². The zero-order valence-electron chi connectivity index (χ0n) is 19.0. The van der Waals surface area contributed by atoms with Crippen molar-refractivity contribution in [3.63, 3.8) is 0 Å². The molecule has 0 radical (unpaired) electrons. The quantitative estimate of drug-likeness (QED) is 0.615. The maximum absolute atomic E-state index is 12.5. The van der Waals surface area contributed by atoms with E-state index in [0.29, 0.717) is 30.4 Å². The number of aromatic nitrogens is 2. The fourth-order valence-corrected chi connectivity index (χ4v) is 4.27. The lowest BCUT2D eigenvalue weighted by atomic mass is 9.93. The first-order valence-corrected chi connectivity index (χ1v) is 11.1. The van der Waals surface area contributed by atoms with Crippen LogP contribution in [0.5, 0.6) is 0 Å². The number of nitrogens with one attached hydrogen (secondary N) is 1. The molecule has 0 spiro atoms. The number of rotatable bonds is 7. The number of carbonyl (C=O) groups is 2. The van der Waals surface area contributed by atoms with E-state index in [2.05, 4.69) is 16.3 Å². The number of carbonyl (C=O) groups excluding carboxylic acids is 2. The average molecular weight is 438 g/mol. The van der Waals surface area contributed by atoms with E-state index in [9.17, 15) is 9.59 Å². The van der Waals surface area contributed by atoms with Gasteiger partial charge in [-0.1, -0.05) is 18.2 Å². The summed E-state index contributed by atoms with van der Waals surface area (Å²) in [5.41, 5.74) is 2.91. The van der Waals surface area contributed by atoms with Crippen LogP contribution in [0.1, 0.15) is 47.6 Å². The minimum atomic E-state index is -0.223. The highest BCUT2D eigenvalue weighted by atomic mass is 16.3. The monoisotopic (exact) mass is 437 g/mol. The summed E-state index contributed by atoms with van der Waals surface area (Å²) in [6.45, 7) is 5.01. The topological polar surface area (TPSA) is 83.6 Å². The van der Waals surface area contributed by atoms with Gasteiger partial charge in [-0.3, -0.25) is 14.3 Å². The molecule has 2 aromatic heterocycles. The largest absolute Gasteiger partial charge is 0.451 e. The Kier molecular flexibility index (Phi) is 6.60. The molecule has 8 heteroatoms. The molecule has 1 aliphatic rings. The third-order valence-corrected chi connectivity index (χ3v) is 5.98. The number of hydrogen-bond donors (Lipinski definition) is 1. The number of hydrogen-bond acceptors (Lipinski definition) is 5. The van der Waals surface area contributed by atoms with Gasteiger partial charge in [0, 0.05) is 44.4 Å². The van der Waals surface area contributed by atoms with Crippen molar-refractivity contribution in [1.29, 1.82) is 0 Å². The summed E-state index contributed by atoms with van der Waals surface area (Å²) in [5.74, 6) is 0.595. The van der Waals surface area contributed by atoms with Crippen LogP contribution in [0.15, 0.2) is 40.8 Å². The van der Waals surface area contributed by atoms with Crippen molar-refractivity contribution >= 4 is 22.8 Å². The first kappa shape index (κ1) is 22.1. The summed E-state index contributed by atoms with van der Waals surface area (Å²) in [4.78, 5) is 28.2. The first-order chi connectivity index (χ1) is 15.4. The van der Waals surface area contributed by atoms with Gasteiger partial charge in [0.2, 0.25) is 5.91 Å². The Hall–Kier alpha value is -3.13. The number of piperidine rings is 1. The highest BCUT2D eigenvalue weighted by molar-refractivity contribution is 5.96. The predicted molar refractivity (Wildman–Crippen MR) is 122 cm³/mol. The van der Waals surface area contributed by atoms with E-state index in [1.165, 1.54) is 0 Å². The smallest absolute Gasteiger partial charge is 0.287 e. The van der Waals surface area contributed by atoms with Gasteiger partial charge in [-0.15, -0.1) is 0 Å². The maximum Gasteiger partial charge on any atom is 0.287 e. The van der Waals surface area contributed by atoms with Crippen LogP contribution in [0, 0.1) is 0 Å². The number of furan rings is 1. The van der Waals surface area contributed by atoms with Crippen LogP contribution in [0.2, 0.25) is 0 Å². The molecule has 0 aliphatic carbocycles. The van der Waals surface area contributed by atoms with E-state index >= 15 is 0 Å². The van der Waals surface area contributed by atoms with Gasteiger partial charge in [0.1, 0.15) is 5.58 Å². The predicted octanol–water partition coefficient (Wildman–Crippen LogP) is 2.85. The van der Waals surface area contributed by atoms with E-state index in [4.69, 9.17) is 9.52 Å². The number of para-hydroxylation sites is 1. The Morgan fingerprint density at radius 1 is 1.19 bits per heavy atom. The summed E-state index contributed by atoms with van der Waals surface area (Å²) in [7, 11) is 4.07. The van der Waals surface area contributed by atoms with Crippen molar-refractivity contribution in [3.8, 4) is 0 Å². The summed E-state index contributed by atoms with van der Waals surface area (Å²) < 4.78 is 7.64. The van der Waals surface area contributed by atoms with Crippen LogP contribution >= 0.6 is 0 Å². The Morgan fingerprint density at radius 3 is 2.62 bits per heavy atom. The Morgan fingerprint density at radius 2 is 1.94 bits per heavy atom. The molecule has 0 bridgehead atoms. The Balaban J connectivity index is 1.39. The van der Waals surface area contributed by atoms with E-state index in [0.717, 1.165) is 49.2 Å². The van der Waals surface area contributed by atoms with Crippen LogP contribution in [0.25, 0.3) is 11.0 Å². The molecule has 1 aliphatic heterocycles. The average Bonchev–Trinajstić information content (AvgIpc) is 3.38. The lowest BCUT2D eigenvalue weighted by molar-refractivity contribution is -0.129. The SMILES string of the molecule is CC(=O)N1CCC(c2cc(CN(C)C)n(CCNC(=O)c3cc4ccccc4o3)n2)CC1. The molecule has 8 nitrogen and oxygen atoms in total. The molecule has 1 aromatic carbocycles. The summed E-state index contributed by atoms with van der Waals surface area (Å²) in [6.07, 6.45) is 1.86. The molecule has 0 saturated carbocycles. The highest BCUT2D eigenvalue weighted by Crippen LogP contribution is 2.28. The standard InChI is InChI=1S/C24H31N5O3/c1-17(30)28-11-8-18(9-12-28)21-15-20(16-27(2)3)29(26-21)13-10-25-24(31)23-14-19-6-4-5-7-22(19)32-23/h4-7,14-15,18H,8-13,16H2,1-3H3,(H,25,31). The molecule has 1 N–H and O–H groups in total. The maximum atomic E-state index is 12.5. The van der Waals surface area contributed by atoms with Crippen LogP contribution in [-0.4, -0.2) is 65.1 Å². The van der Waals surface area contributed by atoms with Crippen molar-refractivity contribution in [2.24, 2.45) is 0 Å². The van der Waals surface area contributed by atoms with Gasteiger partial charge in [-0.25, -0.2) is 0 Å². The minimum absolute atomic E-state index is 0.141. The molecule has 32 heavy (non-hydrogen) atoms. The highest BCUT2D eigenvalue weighted by Gasteiger charge is 2.25. The van der Waals surface area contributed by atoms with E-state index in [1.807, 2.05) is 47.9 Å². The van der Waals surface area contributed by atoms with Crippen molar-refractivity contribution in [2.45, 2.75) is 38.8 Å². The van der Waals surface area contributed by atoms with Crippen molar-refractivity contribution < 1.29 is 14.0 Å². The van der Waals surface area contributed by atoms with Crippen molar-refractivity contribution in [2.75, 3.05) is 33.7 Å². The molecule has 0 atom stereocenters. The summed E-state index contributed by atoms with van der Waals surface area (Å²) in [5, 5.41) is 8.73. The third kappa shape index (κ3) is 5.02. The normalized spacial score (nSPS) is 14.9. The van der Waals surface area contributed by atoms with E-state index in [1.54, 1.807) is 13.0 Å². The van der Waals surface area contributed by atoms with Gasteiger partial charge in [0.15, 0.2) is 5.76 Å². The number of amides is 2. The number of fused-ring (bicyclic) bond motifs is 1. The Labute approximate surface area is 188 Å². The summed E-state index contributed by atoms with van der Waals surface area (Å²) in [6, 6.07) is 11.5. The van der Waals surface area contributed by atoms with Gasteiger partial charge < -0.3 is 19.5 Å². The first-order valence-electron chi connectivity index (χ1n) is 11.1. The van der Waals surface area contributed by atoms with Gasteiger partial charge in [0.05, 0.1) is 17.9 Å². The third-order valence-electron chi connectivity index (χ3n) is 5.98. The molecule has 170 valence electrons.